The summed E-state index contributed by atoms with van der Waals surface area (Å²) in [6, 6.07) is 3.42. The fourth-order valence-corrected chi connectivity index (χ4v) is 1.55. The second-order valence-corrected chi connectivity index (χ2v) is 3.09. The molecule has 0 heterocycles. The quantitative estimate of drug-likeness (QED) is 0.802. The second-order valence-electron chi connectivity index (χ2n) is 3.09. The maximum Gasteiger partial charge on any atom is 0.339 e. The molecule has 1 N–H and O–H groups in total. The Morgan fingerprint density at radius 1 is 1.50 bits per heavy atom. The SMILES string of the molecule is CCc1ccc(C(=O)O)c(OC)c1C. The molecule has 0 saturated carbocycles. The van der Waals surface area contributed by atoms with Crippen molar-refractivity contribution in [1.29, 1.82) is 0 Å². The number of carbonyl (C=O) groups is 1. The Morgan fingerprint density at radius 2 is 2.14 bits per heavy atom. The van der Waals surface area contributed by atoms with Crippen LogP contribution < -0.4 is 4.74 Å². The number of aryl methyl sites for hydroxylation is 1. The van der Waals surface area contributed by atoms with Crippen LogP contribution >= 0.6 is 0 Å². The van der Waals surface area contributed by atoms with E-state index in [4.69, 9.17) is 9.84 Å². The predicted molar refractivity (Wildman–Crippen MR) is 54.1 cm³/mol. The smallest absolute Gasteiger partial charge is 0.339 e. The van der Waals surface area contributed by atoms with Crippen LogP contribution in [-0.4, -0.2) is 18.2 Å². The number of ether oxygens (including phenoxy) is 1. The van der Waals surface area contributed by atoms with Gasteiger partial charge < -0.3 is 9.84 Å². The van der Waals surface area contributed by atoms with Crippen molar-refractivity contribution in [3.63, 3.8) is 0 Å². The second kappa shape index (κ2) is 4.13. The fourth-order valence-electron chi connectivity index (χ4n) is 1.55. The van der Waals surface area contributed by atoms with E-state index in [1.807, 2.05) is 19.9 Å². The average molecular weight is 194 g/mol. The molecular weight excluding hydrogens is 180 g/mol. The van der Waals surface area contributed by atoms with E-state index in [2.05, 4.69) is 0 Å². The standard InChI is InChI=1S/C11H14O3/c1-4-8-5-6-9(11(12)13)10(14-3)7(8)2/h5-6H,4H2,1-3H3,(H,12,13). The van der Waals surface area contributed by atoms with Crippen molar-refractivity contribution in [1.82, 2.24) is 0 Å². The van der Waals surface area contributed by atoms with Gasteiger partial charge in [-0.25, -0.2) is 4.79 Å². The zero-order chi connectivity index (χ0) is 10.7. The van der Waals surface area contributed by atoms with Crippen LogP contribution in [-0.2, 0) is 6.42 Å². The summed E-state index contributed by atoms with van der Waals surface area (Å²) in [6.45, 7) is 3.91. The van der Waals surface area contributed by atoms with E-state index in [1.165, 1.54) is 7.11 Å². The Labute approximate surface area is 83.3 Å². The molecule has 1 rings (SSSR count). The van der Waals surface area contributed by atoms with Crippen molar-refractivity contribution < 1.29 is 14.6 Å². The highest BCUT2D eigenvalue weighted by Crippen LogP contribution is 2.26. The minimum atomic E-state index is -0.951. The molecule has 0 spiro atoms. The summed E-state index contributed by atoms with van der Waals surface area (Å²) in [6.07, 6.45) is 0.877. The van der Waals surface area contributed by atoms with Gasteiger partial charge >= 0.3 is 5.97 Å². The van der Waals surface area contributed by atoms with Gasteiger partial charge in [-0.2, -0.15) is 0 Å². The van der Waals surface area contributed by atoms with Crippen LogP contribution in [0.4, 0.5) is 0 Å². The third kappa shape index (κ3) is 1.71. The molecular formula is C11H14O3. The number of carboxylic acids is 1. The number of methoxy groups -OCH3 is 1. The molecule has 0 amide bonds. The van der Waals surface area contributed by atoms with Crippen LogP contribution in [0.3, 0.4) is 0 Å². The molecule has 0 aromatic heterocycles. The topological polar surface area (TPSA) is 46.5 Å². The van der Waals surface area contributed by atoms with Crippen LogP contribution in [0.25, 0.3) is 0 Å². The summed E-state index contributed by atoms with van der Waals surface area (Å²) in [5.74, 6) is -0.482. The lowest BCUT2D eigenvalue weighted by Gasteiger charge is -2.11. The minimum Gasteiger partial charge on any atom is -0.496 e. The van der Waals surface area contributed by atoms with Crippen LogP contribution in [0.15, 0.2) is 12.1 Å². The van der Waals surface area contributed by atoms with Gasteiger partial charge in [0, 0.05) is 0 Å². The van der Waals surface area contributed by atoms with E-state index in [9.17, 15) is 4.79 Å². The normalized spacial score (nSPS) is 9.93. The molecule has 3 nitrogen and oxygen atoms in total. The zero-order valence-electron chi connectivity index (χ0n) is 8.63. The lowest BCUT2D eigenvalue weighted by Crippen LogP contribution is -2.03. The van der Waals surface area contributed by atoms with Gasteiger partial charge in [-0.05, 0) is 30.5 Å². The molecule has 0 bridgehead atoms. The van der Waals surface area contributed by atoms with Gasteiger partial charge in [0.1, 0.15) is 11.3 Å². The molecule has 0 aliphatic rings. The highest BCUT2D eigenvalue weighted by Gasteiger charge is 2.14. The first-order valence-corrected chi connectivity index (χ1v) is 4.51. The van der Waals surface area contributed by atoms with E-state index in [-0.39, 0.29) is 5.56 Å². The van der Waals surface area contributed by atoms with Crippen molar-refractivity contribution in [2.45, 2.75) is 20.3 Å². The van der Waals surface area contributed by atoms with Gasteiger partial charge in [-0.15, -0.1) is 0 Å². The molecule has 1 aromatic carbocycles. The Morgan fingerprint density at radius 3 is 2.57 bits per heavy atom. The summed E-state index contributed by atoms with van der Waals surface area (Å²) in [4.78, 5) is 10.9. The number of rotatable bonds is 3. The van der Waals surface area contributed by atoms with E-state index in [0.29, 0.717) is 5.75 Å². The maximum absolute atomic E-state index is 10.9. The third-order valence-corrected chi connectivity index (χ3v) is 2.33. The van der Waals surface area contributed by atoms with Gasteiger partial charge in [-0.3, -0.25) is 0 Å². The molecule has 0 aliphatic heterocycles. The molecule has 1 aromatic rings. The Kier molecular flexibility index (Phi) is 3.12. The van der Waals surface area contributed by atoms with Crippen molar-refractivity contribution in [3.05, 3.63) is 28.8 Å². The van der Waals surface area contributed by atoms with Crippen molar-refractivity contribution in [3.8, 4) is 5.75 Å². The summed E-state index contributed by atoms with van der Waals surface area (Å²) in [5, 5.41) is 8.90. The maximum atomic E-state index is 10.9. The molecule has 0 unspecified atom stereocenters. The highest BCUT2D eigenvalue weighted by atomic mass is 16.5. The summed E-state index contributed by atoms with van der Waals surface area (Å²) in [7, 11) is 1.49. The first-order chi connectivity index (χ1) is 6.61. The molecule has 14 heavy (non-hydrogen) atoms. The zero-order valence-corrected chi connectivity index (χ0v) is 8.63. The minimum absolute atomic E-state index is 0.224. The van der Waals surface area contributed by atoms with Crippen molar-refractivity contribution in [2.75, 3.05) is 7.11 Å². The van der Waals surface area contributed by atoms with E-state index in [0.717, 1.165) is 17.5 Å². The van der Waals surface area contributed by atoms with Crippen LogP contribution in [0.1, 0.15) is 28.4 Å². The lowest BCUT2D eigenvalue weighted by atomic mass is 10.0. The Bertz CT molecular complexity index is 356. The largest absolute Gasteiger partial charge is 0.496 e. The number of hydrogen-bond acceptors (Lipinski definition) is 2. The van der Waals surface area contributed by atoms with Crippen molar-refractivity contribution in [2.24, 2.45) is 0 Å². The Balaban J connectivity index is 3.35. The van der Waals surface area contributed by atoms with Gasteiger partial charge in [0.15, 0.2) is 0 Å². The van der Waals surface area contributed by atoms with Crippen molar-refractivity contribution >= 4 is 5.97 Å². The van der Waals surface area contributed by atoms with Gasteiger partial charge in [0.2, 0.25) is 0 Å². The number of aromatic carboxylic acids is 1. The molecule has 0 aliphatic carbocycles. The van der Waals surface area contributed by atoms with Gasteiger partial charge in [0.25, 0.3) is 0 Å². The predicted octanol–water partition coefficient (Wildman–Crippen LogP) is 2.26. The molecule has 76 valence electrons. The number of carboxylic acid groups (broad SMARTS) is 1. The van der Waals surface area contributed by atoms with Gasteiger partial charge in [-0.1, -0.05) is 13.0 Å². The summed E-state index contributed by atoms with van der Waals surface area (Å²) < 4.78 is 5.10. The molecule has 0 saturated heterocycles. The Hall–Kier alpha value is -1.51. The van der Waals surface area contributed by atoms with E-state index < -0.39 is 5.97 Å². The van der Waals surface area contributed by atoms with E-state index in [1.54, 1.807) is 6.07 Å². The molecule has 0 fully saturated rings. The van der Waals surface area contributed by atoms with Gasteiger partial charge in [0.05, 0.1) is 7.11 Å². The molecule has 0 radical (unpaired) electrons. The number of benzene rings is 1. The first-order valence-electron chi connectivity index (χ1n) is 4.51. The molecule has 3 heteroatoms. The van der Waals surface area contributed by atoms with Crippen LogP contribution in [0.2, 0.25) is 0 Å². The van der Waals surface area contributed by atoms with E-state index >= 15 is 0 Å². The third-order valence-electron chi connectivity index (χ3n) is 2.33. The van der Waals surface area contributed by atoms with Crippen LogP contribution in [0.5, 0.6) is 5.75 Å². The summed E-state index contributed by atoms with van der Waals surface area (Å²) >= 11 is 0. The monoisotopic (exact) mass is 194 g/mol. The number of hydrogen-bond donors (Lipinski definition) is 1. The fraction of sp³-hybridized carbons (Fsp3) is 0.364. The first kappa shape index (κ1) is 10.6. The lowest BCUT2D eigenvalue weighted by molar-refractivity contribution is 0.0693. The van der Waals surface area contributed by atoms with Crippen LogP contribution in [0, 0.1) is 6.92 Å². The summed E-state index contributed by atoms with van der Waals surface area (Å²) in [5.41, 5.74) is 2.25. The average Bonchev–Trinajstić information content (AvgIpc) is 2.17. The molecule has 0 atom stereocenters. The highest BCUT2D eigenvalue weighted by molar-refractivity contribution is 5.91.